The molecule has 4 nitrogen and oxygen atoms in total. The highest BCUT2D eigenvalue weighted by molar-refractivity contribution is 7.15. The first-order valence-corrected chi connectivity index (χ1v) is 9.81. The van der Waals surface area contributed by atoms with E-state index < -0.39 is 11.7 Å². The Labute approximate surface area is 171 Å². The van der Waals surface area contributed by atoms with E-state index in [1.54, 1.807) is 36.4 Å². The minimum absolute atomic E-state index is 0.130. The van der Waals surface area contributed by atoms with Crippen molar-refractivity contribution in [1.29, 1.82) is 0 Å². The molecule has 29 heavy (non-hydrogen) atoms. The van der Waals surface area contributed by atoms with Gasteiger partial charge in [0.2, 0.25) is 4.96 Å². The molecule has 2 heterocycles. The predicted molar refractivity (Wildman–Crippen MR) is 106 cm³/mol. The zero-order valence-electron chi connectivity index (χ0n) is 14.8. The molecule has 4 rings (SSSR count). The molecular weight excluding hydrogens is 423 g/mol. The van der Waals surface area contributed by atoms with Crippen molar-refractivity contribution in [3.63, 3.8) is 0 Å². The van der Waals surface area contributed by atoms with Gasteiger partial charge >= 0.3 is 6.18 Å². The van der Waals surface area contributed by atoms with Crippen molar-refractivity contribution in [2.24, 2.45) is 0 Å². The molecule has 148 valence electrons. The van der Waals surface area contributed by atoms with Gasteiger partial charge in [0.05, 0.1) is 10.1 Å². The van der Waals surface area contributed by atoms with Crippen LogP contribution in [-0.2, 0) is 19.0 Å². The fourth-order valence-electron chi connectivity index (χ4n) is 2.95. The molecule has 0 aliphatic carbocycles. The molecule has 0 saturated carbocycles. The number of halogens is 4. The molecule has 0 N–H and O–H groups in total. The van der Waals surface area contributed by atoms with Gasteiger partial charge in [-0.15, -0.1) is 5.10 Å². The van der Waals surface area contributed by atoms with Crippen LogP contribution in [0.15, 0.2) is 53.3 Å². The van der Waals surface area contributed by atoms with Crippen molar-refractivity contribution in [3.05, 3.63) is 91.0 Å². The molecule has 0 spiro atoms. The lowest BCUT2D eigenvalue weighted by molar-refractivity contribution is -0.138. The first kappa shape index (κ1) is 19.6. The largest absolute Gasteiger partial charge is 0.416 e. The summed E-state index contributed by atoms with van der Waals surface area (Å²) < 4.78 is 41.0. The summed E-state index contributed by atoms with van der Waals surface area (Å²) in [5, 5.41) is 4.78. The van der Waals surface area contributed by atoms with Crippen LogP contribution in [0.5, 0.6) is 0 Å². The van der Waals surface area contributed by atoms with Crippen LogP contribution >= 0.6 is 22.9 Å². The minimum atomic E-state index is -4.41. The zero-order chi connectivity index (χ0) is 20.6. The van der Waals surface area contributed by atoms with Crippen molar-refractivity contribution < 1.29 is 13.2 Å². The Morgan fingerprint density at radius 1 is 1.07 bits per heavy atom. The molecule has 0 bridgehead atoms. The molecule has 0 saturated heterocycles. The lowest BCUT2D eigenvalue weighted by atomic mass is 10.0. The number of aromatic nitrogens is 3. The number of fused-ring (bicyclic) bond motifs is 1. The van der Waals surface area contributed by atoms with Crippen LogP contribution in [0.4, 0.5) is 13.2 Å². The van der Waals surface area contributed by atoms with Crippen LogP contribution in [0.25, 0.3) is 11.0 Å². The van der Waals surface area contributed by atoms with Gasteiger partial charge in [-0.25, -0.2) is 4.98 Å². The predicted octanol–water partition coefficient (Wildman–Crippen LogP) is 4.16. The Kier molecular flexibility index (Phi) is 5.14. The molecule has 0 atom stereocenters. The Morgan fingerprint density at radius 3 is 2.48 bits per heavy atom. The summed E-state index contributed by atoms with van der Waals surface area (Å²) in [7, 11) is 0. The van der Waals surface area contributed by atoms with Crippen LogP contribution in [-0.4, -0.2) is 14.6 Å². The lowest BCUT2D eigenvalue weighted by Gasteiger charge is -2.11. The number of aryl methyl sites for hydroxylation is 2. The maximum Gasteiger partial charge on any atom is 0.416 e. The molecule has 0 aliphatic rings. The normalized spacial score (nSPS) is 12.8. The second-order valence-electron chi connectivity index (χ2n) is 6.34. The summed E-state index contributed by atoms with van der Waals surface area (Å²) in [5.41, 5.74) is 0.0250. The highest BCUT2D eigenvalue weighted by atomic mass is 35.5. The summed E-state index contributed by atoms with van der Waals surface area (Å²) in [6, 6.07) is 12.5. The molecule has 0 fully saturated rings. The van der Waals surface area contributed by atoms with E-state index in [1.165, 1.54) is 28.0 Å². The minimum Gasteiger partial charge on any atom is -0.266 e. The van der Waals surface area contributed by atoms with E-state index in [2.05, 4.69) is 10.1 Å². The number of benzene rings is 2. The second kappa shape index (κ2) is 7.61. The van der Waals surface area contributed by atoms with Gasteiger partial charge in [-0.2, -0.15) is 17.7 Å². The summed E-state index contributed by atoms with van der Waals surface area (Å²) in [4.78, 5) is 17.3. The smallest absolute Gasteiger partial charge is 0.266 e. The van der Waals surface area contributed by atoms with Crippen LogP contribution in [0.2, 0.25) is 5.02 Å². The third-order valence-electron chi connectivity index (χ3n) is 4.33. The van der Waals surface area contributed by atoms with E-state index in [0.29, 0.717) is 20.3 Å². The Hall–Kier alpha value is -2.71. The van der Waals surface area contributed by atoms with Crippen LogP contribution in [0.1, 0.15) is 22.5 Å². The summed E-state index contributed by atoms with van der Waals surface area (Å²) in [5.74, 6) is 0.336. The third-order valence-corrected chi connectivity index (χ3v) is 5.55. The van der Waals surface area contributed by atoms with Gasteiger partial charge in [0.25, 0.3) is 5.56 Å². The number of hydrogen-bond acceptors (Lipinski definition) is 4. The van der Waals surface area contributed by atoms with Crippen molar-refractivity contribution in [2.45, 2.75) is 19.0 Å². The van der Waals surface area contributed by atoms with E-state index in [0.717, 1.165) is 11.6 Å². The van der Waals surface area contributed by atoms with Gasteiger partial charge in [-0.1, -0.05) is 53.3 Å². The molecule has 0 radical (unpaired) electrons. The molecule has 0 amide bonds. The van der Waals surface area contributed by atoms with Crippen LogP contribution < -0.4 is 10.1 Å². The summed E-state index contributed by atoms with van der Waals surface area (Å²) in [6.07, 6.45) is -2.35. The monoisotopic (exact) mass is 435 g/mol. The maximum atomic E-state index is 13.1. The number of rotatable bonds is 4. The fraction of sp³-hybridized carbons (Fsp3) is 0.150. The topological polar surface area (TPSA) is 47.3 Å². The second-order valence-corrected chi connectivity index (χ2v) is 7.79. The highest BCUT2D eigenvalue weighted by Crippen LogP contribution is 2.32. The van der Waals surface area contributed by atoms with Gasteiger partial charge in [0.1, 0.15) is 0 Å². The van der Waals surface area contributed by atoms with Crippen molar-refractivity contribution >= 4 is 34.0 Å². The zero-order valence-corrected chi connectivity index (χ0v) is 16.4. The summed E-state index contributed by atoms with van der Waals surface area (Å²) in [6.45, 7) is 0. The Morgan fingerprint density at radius 2 is 1.79 bits per heavy atom. The Bertz CT molecular complexity index is 1280. The van der Waals surface area contributed by atoms with E-state index in [9.17, 15) is 18.0 Å². The molecule has 4 aromatic rings. The maximum absolute atomic E-state index is 13.1. The van der Waals surface area contributed by atoms with Gasteiger partial charge in [-0.05, 0) is 41.8 Å². The van der Waals surface area contributed by atoms with Gasteiger partial charge < -0.3 is 0 Å². The van der Waals surface area contributed by atoms with Gasteiger partial charge in [0.15, 0.2) is 5.82 Å². The first-order valence-electron chi connectivity index (χ1n) is 8.62. The number of thiazole rings is 1. The van der Waals surface area contributed by atoms with Crippen LogP contribution in [0, 0.1) is 0 Å². The number of alkyl halides is 3. The quantitative estimate of drug-likeness (QED) is 0.483. The third kappa shape index (κ3) is 4.18. The molecule has 0 unspecified atom stereocenters. The van der Waals surface area contributed by atoms with E-state index in [-0.39, 0.29) is 24.0 Å². The molecule has 0 aliphatic heterocycles. The number of hydrogen-bond donors (Lipinski definition) is 0. The van der Waals surface area contributed by atoms with E-state index in [4.69, 9.17) is 11.6 Å². The van der Waals surface area contributed by atoms with Crippen LogP contribution in [0.3, 0.4) is 0 Å². The van der Waals surface area contributed by atoms with Gasteiger partial charge in [0, 0.05) is 11.4 Å². The first-order chi connectivity index (χ1) is 13.8. The van der Waals surface area contributed by atoms with Crippen molar-refractivity contribution in [3.8, 4) is 0 Å². The fourth-order valence-corrected chi connectivity index (χ4v) is 4.00. The molecule has 2 aromatic heterocycles. The standard InChI is InChI=1S/C20H13ClF3N3OS/c21-14-8-5-12(6-9-14)11-16-18(28)27-19(29-16)25-17(26-27)10-7-13-3-1-2-4-15(13)20(22,23)24/h1-6,8-9,11H,7,10H2/b16-11-. The van der Waals surface area contributed by atoms with Gasteiger partial charge in [-0.3, -0.25) is 4.79 Å². The van der Waals surface area contributed by atoms with E-state index >= 15 is 0 Å². The molecule has 2 aromatic carbocycles. The SMILES string of the molecule is O=c1/c(=C/c2ccc(Cl)cc2)sc2nc(CCc3ccccc3C(F)(F)F)nn12. The highest BCUT2D eigenvalue weighted by Gasteiger charge is 2.32. The number of nitrogens with zero attached hydrogens (tertiary/aromatic N) is 3. The lowest BCUT2D eigenvalue weighted by Crippen LogP contribution is -2.23. The van der Waals surface area contributed by atoms with E-state index in [1.807, 2.05) is 0 Å². The molecular formula is C20H13ClF3N3OS. The molecule has 9 heteroatoms. The summed E-state index contributed by atoms with van der Waals surface area (Å²) >= 11 is 7.04. The average Bonchev–Trinajstić information content (AvgIpc) is 3.20. The average molecular weight is 436 g/mol. The Balaban J connectivity index is 1.59. The van der Waals surface area contributed by atoms with Crippen molar-refractivity contribution in [2.75, 3.05) is 0 Å². The van der Waals surface area contributed by atoms with Crippen molar-refractivity contribution in [1.82, 2.24) is 14.6 Å².